The van der Waals surface area contributed by atoms with Crippen molar-refractivity contribution < 1.29 is 17.6 Å². The van der Waals surface area contributed by atoms with Crippen molar-refractivity contribution in [2.45, 2.75) is 13.5 Å². The van der Waals surface area contributed by atoms with E-state index in [-0.39, 0.29) is 0 Å². The molecule has 0 saturated heterocycles. The topological polar surface area (TPSA) is 26.0 Å². The van der Waals surface area contributed by atoms with E-state index in [0.717, 1.165) is 0 Å². The van der Waals surface area contributed by atoms with Crippen LogP contribution < -0.4 is 5.73 Å². The fraction of sp³-hybridized carbons (Fsp3) is 0.333. The van der Waals surface area contributed by atoms with Crippen LogP contribution in [0.3, 0.4) is 0 Å². The number of halogens is 10. The molecule has 20 heavy (non-hydrogen) atoms. The molecule has 0 bridgehead atoms. The zero-order chi connectivity index (χ0) is 16.0. The minimum absolute atomic E-state index is 1.37. The first-order valence-corrected chi connectivity index (χ1v) is 6.81. The van der Waals surface area contributed by atoms with E-state index in [1.807, 2.05) is 0 Å². The molecule has 0 aliphatic carbocycles. The number of anilines is 1. The molecule has 0 aliphatic rings. The highest BCUT2D eigenvalue weighted by Gasteiger charge is 2.51. The van der Waals surface area contributed by atoms with Crippen LogP contribution >= 0.6 is 69.6 Å². The standard InChI is InChI=1S/C9H3Cl6F4N/c10-8(11,12)7(9(13,14)15)1-2(16)4(18)6(20)5(19)3(1)17/h7H,20H2. The Morgan fingerprint density at radius 2 is 1.00 bits per heavy atom. The quantitative estimate of drug-likeness (QED) is 0.274. The van der Waals surface area contributed by atoms with E-state index in [1.165, 1.54) is 0 Å². The van der Waals surface area contributed by atoms with Gasteiger partial charge in [-0.2, -0.15) is 0 Å². The van der Waals surface area contributed by atoms with E-state index in [4.69, 9.17) is 75.3 Å². The number of nitrogen functional groups attached to an aromatic ring is 1. The van der Waals surface area contributed by atoms with Crippen LogP contribution in [0, 0.1) is 23.3 Å². The van der Waals surface area contributed by atoms with E-state index in [1.54, 1.807) is 0 Å². The molecule has 0 atom stereocenters. The van der Waals surface area contributed by atoms with Crippen LogP contribution in [-0.4, -0.2) is 7.59 Å². The van der Waals surface area contributed by atoms with E-state index < -0.39 is 48.0 Å². The summed E-state index contributed by atoms with van der Waals surface area (Å²) < 4.78 is 49.3. The Bertz CT molecular complexity index is 496. The summed E-state index contributed by atoms with van der Waals surface area (Å²) in [7, 11) is 0. The third-order valence-corrected chi connectivity index (χ3v) is 3.58. The third-order valence-electron chi connectivity index (χ3n) is 2.27. The molecule has 114 valence electrons. The van der Waals surface area contributed by atoms with Gasteiger partial charge in [-0.15, -0.1) is 0 Å². The second-order valence-corrected chi connectivity index (χ2v) is 8.34. The molecular formula is C9H3Cl6F4N. The molecule has 2 N–H and O–H groups in total. The van der Waals surface area contributed by atoms with Crippen molar-refractivity contribution in [1.29, 1.82) is 0 Å². The van der Waals surface area contributed by atoms with Crippen LogP contribution in [0.2, 0.25) is 0 Å². The number of benzene rings is 1. The molecule has 1 aromatic rings. The van der Waals surface area contributed by atoms with Crippen molar-refractivity contribution >= 4 is 75.3 Å². The summed E-state index contributed by atoms with van der Waals surface area (Å²) in [4.78, 5) is 0. The summed E-state index contributed by atoms with van der Waals surface area (Å²) in [5.74, 6) is -9.72. The third kappa shape index (κ3) is 3.45. The maximum Gasteiger partial charge on any atom is 0.201 e. The molecule has 0 spiro atoms. The Morgan fingerprint density at radius 1 is 0.700 bits per heavy atom. The molecule has 0 saturated carbocycles. The van der Waals surface area contributed by atoms with Gasteiger partial charge in [0.1, 0.15) is 5.69 Å². The highest BCUT2D eigenvalue weighted by atomic mass is 35.6. The molecular weight excluding hydrogens is 411 g/mol. The molecule has 0 radical (unpaired) electrons. The Labute approximate surface area is 140 Å². The predicted octanol–water partition coefficient (Wildman–Crippen LogP) is 5.65. The molecule has 0 heterocycles. The summed E-state index contributed by atoms with van der Waals surface area (Å²) >= 11 is 32.8. The van der Waals surface area contributed by atoms with Gasteiger partial charge in [-0.1, -0.05) is 69.6 Å². The highest BCUT2D eigenvalue weighted by Crippen LogP contribution is 2.55. The molecule has 1 nitrogen and oxygen atoms in total. The summed E-state index contributed by atoms with van der Waals surface area (Å²) in [5.41, 5.74) is 2.10. The fourth-order valence-electron chi connectivity index (χ4n) is 1.43. The van der Waals surface area contributed by atoms with Crippen LogP contribution in [0.25, 0.3) is 0 Å². The number of alkyl halides is 6. The van der Waals surface area contributed by atoms with Crippen molar-refractivity contribution in [3.05, 3.63) is 28.8 Å². The van der Waals surface area contributed by atoms with Gasteiger partial charge in [0.05, 0.1) is 5.92 Å². The SMILES string of the molecule is Nc1c(F)c(F)c(C(C(Cl)(Cl)Cl)C(Cl)(Cl)Cl)c(F)c1F. The van der Waals surface area contributed by atoms with Gasteiger partial charge in [0.25, 0.3) is 0 Å². The first-order valence-electron chi connectivity index (χ1n) is 4.54. The second-order valence-electron chi connectivity index (χ2n) is 3.60. The Kier molecular flexibility index (Phi) is 5.50. The van der Waals surface area contributed by atoms with E-state index in [2.05, 4.69) is 0 Å². The number of nitrogens with two attached hydrogens (primary N) is 1. The second kappa shape index (κ2) is 5.94. The van der Waals surface area contributed by atoms with E-state index in [9.17, 15) is 17.6 Å². The van der Waals surface area contributed by atoms with Crippen LogP contribution in [-0.2, 0) is 0 Å². The van der Waals surface area contributed by atoms with Gasteiger partial charge >= 0.3 is 0 Å². The van der Waals surface area contributed by atoms with Gasteiger partial charge in [-0.05, 0) is 0 Å². The smallest absolute Gasteiger partial charge is 0.201 e. The largest absolute Gasteiger partial charge is 0.394 e. The van der Waals surface area contributed by atoms with Gasteiger partial charge in [0.2, 0.25) is 7.59 Å². The Hall–Kier alpha value is 0.480. The van der Waals surface area contributed by atoms with Crippen molar-refractivity contribution in [3.63, 3.8) is 0 Å². The van der Waals surface area contributed by atoms with Crippen molar-refractivity contribution in [2.24, 2.45) is 0 Å². The van der Waals surface area contributed by atoms with E-state index in [0.29, 0.717) is 0 Å². The molecule has 0 aliphatic heterocycles. The fourth-order valence-corrected chi connectivity index (χ4v) is 3.57. The van der Waals surface area contributed by atoms with Crippen LogP contribution in [0.1, 0.15) is 11.5 Å². The molecule has 0 fully saturated rings. The monoisotopic (exact) mass is 411 g/mol. The van der Waals surface area contributed by atoms with Gasteiger partial charge < -0.3 is 5.73 Å². The molecule has 1 aromatic carbocycles. The van der Waals surface area contributed by atoms with E-state index >= 15 is 0 Å². The van der Waals surface area contributed by atoms with Crippen molar-refractivity contribution in [1.82, 2.24) is 0 Å². The van der Waals surface area contributed by atoms with Gasteiger partial charge in [-0.3, -0.25) is 0 Å². The predicted molar refractivity (Wildman–Crippen MR) is 74.0 cm³/mol. The molecule has 0 amide bonds. The maximum absolute atomic E-state index is 13.8. The summed E-state index contributed by atoms with van der Waals surface area (Å²) in [6.07, 6.45) is 0. The summed E-state index contributed by atoms with van der Waals surface area (Å²) in [5, 5.41) is 0. The summed E-state index contributed by atoms with van der Waals surface area (Å²) in [6.45, 7) is 0. The van der Waals surface area contributed by atoms with Crippen LogP contribution in [0.5, 0.6) is 0 Å². The van der Waals surface area contributed by atoms with Gasteiger partial charge in [-0.25, -0.2) is 17.6 Å². The molecule has 0 aromatic heterocycles. The lowest BCUT2D eigenvalue weighted by Gasteiger charge is -2.31. The minimum Gasteiger partial charge on any atom is -0.394 e. The van der Waals surface area contributed by atoms with Gasteiger partial charge in [0.15, 0.2) is 23.3 Å². The number of hydrogen-bond acceptors (Lipinski definition) is 1. The first-order chi connectivity index (χ1) is 8.80. The zero-order valence-electron chi connectivity index (χ0n) is 8.93. The first kappa shape index (κ1) is 18.5. The lowest BCUT2D eigenvalue weighted by atomic mass is 9.99. The molecule has 11 heteroatoms. The average molecular weight is 414 g/mol. The molecule has 0 unspecified atom stereocenters. The maximum atomic E-state index is 13.8. The van der Waals surface area contributed by atoms with Crippen molar-refractivity contribution in [3.8, 4) is 0 Å². The highest BCUT2D eigenvalue weighted by molar-refractivity contribution is 6.73. The number of hydrogen-bond donors (Lipinski definition) is 1. The minimum atomic E-state index is -2.57. The van der Waals surface area contributed by atoms with Gasteiger partial charge in [0, 0.05) is 5.56 Å². The van der Waals surface area contributed by atoms with Crippen LogP contribution in [0.15, 0.2) is 0 Å². The lowest BCUT2D eigenvalue weighted by molar-refractivity contribution is 0.431. The zero-order valence-corrected chi connectivity index (χ0v) is 13.5. The molecule has 1 rings (SSSR count). The normalized spacial score (nSPS) is 13.2. The number of rotatable bonds is 1. The average Bonchev–Trinajstić information content (AvgIpc) is 2.26. The van der Waals surface area contributed by atoms with Crippen molar-refractivity contribution in [2.75, 3.05) is 5.73 Å². The Balaban J connectivity index is 3.76. The lowest BCUT2D eigenvalue weighted by Crippen LogP contribution is -2.32. The van der Waals surface area contributed by atoms with Crippen LogP contribution in [0.4, 0.5) is 23.2 Å². The summed E-state index contributed by atoms with van der Waals surface area (Å²) in [6, 6.07) is 0. The Morgan fingerprint density at radius 3 is 1.25 bits per heavy atom.